The van der Waals surface area contributed by atoms with Gasteiger partial charge in [0.1, 0.15) is 11.5 Å². The van der Waals surface area contributed by atoms with Gasteiger partial charge in [0.05, 0.1) is 7.11 Å². The number of methoxy groups -OCH3 is 1. The van der Waals surface area contributed by atoms with E-state index in [0.717, 1.165) is 17.7 Å². The molecule has 0 radical (unpaired) electrons. The van der Waals surface area contributed by atoms with Crippen molar-refractivity contribution in [1.82, 2.24) is 0 Å². The highest BCUT2D eigenvalue weighted by Gasteiger charge is 2.08. The predicted octanol–water partition coefficient (Wildman–Crippen LogP) is 3.75. The molecule has 2 nitrogen and oxygen atoms in total. The van der Waals surface area contributed by atoms with Gasteiger partial charge in [-0.3, -0.25) is 4.79 Å². The first-order valence-corrected chi connectivity index (χ1v) is 6.88. The van der Waals surface area contributed by atoms with Crippen LogP contribution >= 0.6 is 0 Å². The fraction of sp³-hybridized carbons (Fsp3) is 0.278. The molecule has 0 N–H and O–H groups in total. The van der Waals surface area contributed by atoms with Gasteiger partial charge in [-0.05, 0) is 25.0 Å². The molecule has 0 saturated carbocycles. The molecular weight excluding hydrogens is 248 g/mol. The second-order valence-electron chi connectivity index (χ2n) is 5.02. The Morgan fingerprint density at radius 2 is 1.90 bits per heavy atom. The van der Waals surface area contributed by atoms with E-state index >= 15 is 0 Å². The van der Waals surface area contributed by atoms with Gasteiger partial charge in [0, 0.05) is 18.4 Å². The number of para-hydroxylation sites is 1. The minimum atomic E-state index is 0.246. The van der Waals surface area contributed by atoms with Crippen LogP contribution in [0.4, 0.5) is 0 Å². The molecule has 0 fully saturated rings. The molecule has 2 rings (SSSR count). The number of aryl methyl sites for hydroxylation is 2. The van der Waals surface area contributed by atoms with E-state index in [9.17, 15) is 4.79 Å². The second-order valence-corrected chi connectivity index (χ2v) is 5.02. The van der Waals surface area contributed by atoms with Crippen LogP contribution in [0.3, 0.4) is 0 Å². The van der Waals surface area contributed by atoms with Gasteiger partial charge in [-0.15, -0.1) is 0 Å². The summed E-state index contributed by atoms with van der Waals surface area (Å²) in [6.07, 6.45) is 1.81. The summed E-state index contributed by atoms with van der Waals surface area (Å²) in [6, 6.07) is 16.0. The molecule has 104 valence electrons. The molecule has 0 spiro atoms. The summed E-state index contributed by atoms with van der Waals surface area (Å²) in [5, 5.41) is 0. The van der Waals surface area contributed by atoms with Crippen LogP contribution in [0.2, 0.25) is 0 Å². The van der Waals surface area contributed by atoms with Crippen molar-refractivity contribution in [2.45, 2.75) is 26.2 Å². The number of hydrogen-bond acceptors (Lipinski definition) is 2. The molecule has 0 aliphatic rings. The number of hydrogen-bond donors (Lipinski definition) is 0. The van der Waals surface area contributed by atoms with Gasteiger partial charge >= 0.3 is 0 Å². The minimum absolute atomic E-state index is 0.246. The number of carbonyl (C=O) groups is 1. The first-order chi connectivity index (χ1) is 9.69. The maximum Gasteiger partial charge on any atom is 0.137 e. The van der Waals surface area contributed by atoms with E-state index in [-0.39, 0.29) is 5.78 Å². The molecule has 2 heteroatoms. The normalized spacial score (nSPS) is 10.3. The van der Waals surface area contributed by atoms with Gasteiger partial charge in [-0.2, -0.15) is 0 Å². The van der Waals surface area contributed by atoms with Gasteiger partial charge < -0.3 is 4.74 Å². The zero-order valence-electron chi connectivity index (χ0n) is 12.1. The number of Topliss-reactive ketones (excluding diaryl/α,β-unsaturated/α-hetero) is 1. The van der Waals surface area contributed by atoms with Crippen LogP contribution in [-0.2, 0) is 17.6 Å². The second kappa shape index (κ2) is 6.90. The molecule has 2 aromatic carbocycles. The topological polar surface area (TPSA) is 26.3 Å². The molecule has 0 amide bonds. The summed E-state index contributed by atoms with van der Waals surface area (Å²) in [7, 11) is 1.63. The van der Waals surface area contributed by atoms with Crippen molar-refractivity contribution >= 4 is 5.78 Å². The first-order valence-electron chi connectivity index (χ1n) is 6.88. The van der Waals surface area contributed by atoms with Crippen LogP contribution in [0.1, 0.15) is 23.1 Å². The molecule has 0 heterocycles. The lowest BCUT2D eigenvalue weighted by Crippen LogP contribution is -2.05. The van der Waals surface area contributed by atoms with Crippen LogP contribution in [0.15, 0.2) is 48.5 Å². The van der Waals surface area contributed by atoms with E-state index < -0.39 is 0 Å². The van der Waals surface area contributed by atoms with Crippen LogP contribution in [0.5, 0.6) is 5.75 Å². The van der Waals surface area contributed by atoms with E-state index in [1.807, 2.05) is 30.3 Å². The van der Waals surface area contributed by atoms with Gasteiger partial charge in [-0.1, -0.05) is 48.0 Å². The van der Waals surface area contributed by atoms with Crippen LogP contribution in [-0.4, -0.2) is 12.9 Å². The predicted molar refractivity (Wildman–Crippen MR) is 81.2 cm³/mol. The SMILES string of the molecule is COc1ccccc1CC(=O)CCc1cccc(C)c1. The van der Waals surface area contributed by atoms with Crippen molar-refractivity contribution in [3.63, 3.8) is 0 Å². The lowest BCUT2D eigenvalue weighted by molar-refractivity contribution is -0.118. The maximum absolute atomic E-state index is 12.1. The molecular formula is C18H20O2. The number of ketones is 1. The molecule has 0 atom stereocenters. The third kappa shape index (κ3) is 3.95. The Hall–Kier alpha value is -2.09. The van der Waals surface area contributed by atoms with Gasteiger partial charge in [0.15, 0.2) is 0 Å². The van der Waals surface area contributed by atoms with Crippen molar-refractivity contribution in [3.05, 3.63) is 65.2 Å². The van der Waals surface area contributed by atoms with Crippen LogP contribution in [0.25, 0.3) is 0 Å². The van der Waals surface area contributed by atoms with Crippen molar-refractivity contribution in [3.8, 4) is 5.75 Å². The van der Waals surface area contributed by atoms with E-state index in [4.69, 9.17) is 4.74 Å². The third-order valence-electron chi connectivity index (χ3n) is 3.36. The summed E-state index contributed by atoms with van der Waals surface area (Å²) < 4.78 is 5.27. The number of rotatable bonds is 6. The van der Waals surface area contributed by atoms with E-state index in [0.29, 0.717) is 12.8 Å². The Morgan fingerprint density at radius 1 is 1.10 bits per heavy atom. The maximum atomic E-state index is 12.1. The molecule has 0 aromatic heterocycles. The average molecular weight is 268 g/mol. The number of ether oxygens (including phenoxy) is 1. The van der Waals surface area contributed by atoms with Crippen LogP contribution in [0, 0.1) is 6.92 Å². The summed E-state index contributed by atoms with van der Waals surface area (Å²) >= 11 is 0. The van der Waals surface area contributed by atoms with Crippen molar-refractivity contribution in [1.29, 1.82) is 0 Å². The zero-order chi connectivity index (χ0) is 14.4. The van der Waals surface area contributed by atoms with Crippen LogP contribution < -0.4 is 4.74 Å². The smallest absolute Gasteiger partial charge is 0.137 e. The van der Waals surface area contributed by atoms with E-state index in [1.165, 1.54) is 11.1 Å². The highest BCUT2D eigenvalue weighted by molar-refractivity contribution is 5.81. The Kier molecular flexibility index (Phi) is 4.94. The molecule has 0 aliphatic carbocycles. The lowest BCUT2D eigenvalue weighted by atomic mass is 10.0. The lowest BCUT2D eigenvalue weighted by Gasteiger charge is -2.07. The molecule has 0 unspecified atom stereocenters. The van der Waals surface area contributed by atoms with Crippen molar-refractivity contribution in [2.24, 2.45) is 0 Å². The van der Waals surface area contributed by atoms with Gasteiger partial charge in [0.25, 0.3) is 0 Å². The van der Waals surface area contributed by atoms with Crippen molar-refractivity contribution in [2.75, 3.05) is 7.11 Å². The Labute approximate surface area is 120 Å². The van der Waals surface area contributed by atoms with E-state index in [1.54, 1.807) is 7.11 Å². The quantitative estimate of drug-likeness (QED) is 0.797. The Balaban J connectivity index is 1.93. The van der Waals surface area contributed by atoms with Gasteiger partial charge in [0.2, 0.25) is 0 Å². The minimum Gasteiger partial charge on any atom is -0.496 e. The van der Waals surface area contributed by atoms with Gasteiger partial charge in [-0.25, -0.2) is 0 Å². The first kappa shape index (κ1) is 14.3. The molecule has 2 aromatic rings. The summed E-state index contributed by atoms with van der Waals surface area (Å²) in [5.41, 5.74) is 3.42. The number of carbonyl (C=O) groups excluding carboxylic acids is 1. The highest BCUT2D eigenvalue weighted by Crippen LogP contribution is 2.18. The average Bonchev–Trinajstić information content (AvgIpc) is 2.46. The standard InChI is InChI=1S/C18H20O2/c1-14-6-5-7-15(12-14)10-11-17(19)13-16-8-3-4-9-18(16)20-2/h3-9,12H,10-11,13H2,1-2H3. The van der Waals surface area contributed by atoms with Crippen molar-refractivity contribution < 1.29 is 9.53 Å². The monoisotopic (exact) mass is 268 g/mol. The molecule has 0 bridgehead atoms. The largest absolute Gasteiger partial charge is 0.496 e. The molecule has 0 aliphatic heterocycles. The zero-order valence-corrected chi connectivity index (χ0v) is 12.1. The Bertz CT molecular complexity index is 587. The fourth-order valence-electron chi connectivity index (χ4n) is 2.30. The van der Waals surface area contributed by atoms with E-state index in [2.05, 4.69) is 25.1 Å². The molecule has 20 heavy (non-hydrogen) atoms. The Morgan fingerprint density at radius 3 is 2.65 bits per heavy atom. The summed E-state index contributed by atoms with van der Waals surface area (Å²) in [4.78, 5) is 12.1. The number of benzene rings is 2. The molecule has 0 saturated heterocycles. The third-order valence-corrected chi connectivity index (χ3v) is 3.36. The fourth-order valence-corrected chi connectivity index (χ4v) is 2.30. The summed E-state index contributed by atoms with van der Waals surface area (Å²) in [6.45, 7) is 2.07. The highest BCUT2D eigenvalue weighted by atomic mass is 16.5. The summed E-state index contributed by atoms with van der Waals surface area (Å²) in [5.74, 6) is 1.03.